The Morgan fingerprint density at radius 1 is 1.26 bits per heavy atom. The van der Waals surface area contributed by atoms with Crippen LogP contribution in [0, 0.1) is 0 Å². The quantitative estimate of drug-likeness (QED) is 0.469. The van der Waals surface area contributed by atoms with E-state index in [1.807, 2.05) is 13.8 Å². The molecule has 2 fully saturated rings. The lowest BCUT2D eigenvalue weighted by atomic mass is 10.1. The summed E-state index contributed by atoms with van der Waals surface area (Å²) in [6.07, 6.45) is -1.74. The van der Waals surface area contributed by atoms with Gasteiger partial charge in [0, 0.05) is 0 Å². The van der Waals surface area contributed by atoms with E-state index >= 15 is 0 Å². The maximum Gasteiger partial charge on any atom is 0.280 e. The Labute approximate surface area is 190 Å². The van der Waals surface area contributed by atoms with Crippen molar-refractivity contribution in [2.75, 3.05) is 12.3 Å². The highest BCUT2D eigenvalue weighted by molar-refractivity contribution is 9.10. The average molecular weight is 516 g/mol. The van der Waals surface area contributed by atoms with Gasteiger partial charge in [-0.25, -0.2) is 4.98 Å². The van der Waals surface area contributed by atoms with Crippen molar-refractivity contribution in [3.8, 4) is 0 Å². The molecular formula is C19H30BrN5O5Si. The molecule has 0 radical (unpaired) electrons. The van der Waals surface area contributed by atoms with Crippen LogP contribution in [0.5, 0.6) is 0 Å². The number of hydrogen-bond donors (Lipinski definition) is 2. The molecule has 0 amide bonds. The lowest BCUT2D eigenvalue weighted by Crippen LogP contribution is -2.44. The number of aromatic nitrogens is 4. The van der Waals surface area contributed by atoms with Crippen LogP contribution in [-0.4, -0.2) is 58.5 Å². The van der Waals surface area contributed by atoms with Gasteiger partial charge in [-0.05, 0) is 47.9 Å². The third-order valence-electron chi connectivity index (χ3n) is 6.32. The normalized spacial score (nSPS) is 28.4. The van der Waals surface area contributed by atoms with Gasteiger partial charge in [-0.2, -0.15) is 4.98 Å². The molecule has 0 aliphatic carbocycles. The first-order valence-electron chi connectivity index (χ1n) is 10.3. The fraction of sp³-hybridized carbons (Fsp3) is 0.737. The van der Waals surface area contributed by atoms with Crippen LogP contribution in [0.25, 0.3) is 11.2 Å². The predicted octanol–water partition coefficient (Wildman–Crippen LogP) is 2.90. The summed E-state index contributed by atoms with van der Waals surface area (Å²) in [7, 11) is -1.99. The molecule has 4 heterocycles. The second kappa shape index (κ2) is 7.35. The summed E-state index contributed by atoms with van der Waals surface area (Å²) in [6.45, 7) is 15.1. The number of nitrogens with two attached hydrogens (primary N) is 1. The molecule has 0 aromatic carbocycles. The zero-order valence-corrected chi connectivity index (χ0v) is 21.4. The maximum absolute atomic E-state index is 12.3. The fourth-order valence-electron chi connectivity index (χ4n) is 3.71. The van der Waals surface area contributed by atoms with Crippen molar-refractivity contribution in [3.05, 3.63) is 15.1 Å². The minimum Gasteiger partial charge on any atom is -0.414 e. The Hall–Kier alpha value is -1.31. The lowest BCUT2D eigenvalue weighted by Gasteiger charge is -2.37. The average Bonchev–Trinajstić information content (AvgIpc) is 3.20. The number of rotatable bonds is 4. The highest BCUT2D eigenvalue weighted by atomic mass is 79.9. The van der Waals surface area contributed by atoms with Crippen LogP contribution < -0.4 is 11.3 Å². The summed E-state index contributed by atoms with van der Waals surface area (Å²) in [5, 5.41) is 0.0722. The smallest absolute Gasteiger partial charge is 0.280 e. The Kier molecular flexibility index (Phi) is 5.42. The molecule has 0 unspecified atom stereocenters. The second-order valence-corrected chi connectivity index (χ2v) is 15.6. The molecule has 0 spiro atoms. The number of nitrogens with one attached hydrogen (secondary N) is 1. The maximum atomic E-state index is 12.3. The first kappa shape index (κ1) is 22.9. The number of H-pyrrole nitrogens is 1. The van der Waals surface area contributed by atoms with Gasteiger partial charge in [0.15, 0.2) is 36.2 Å². The zero-order chi connectivity index (χ0) is 22.9. The third-order valence-corrected chi connectivity index (χ3v) is 11.4. The van der Waals surface area contributed by atoms with Crippen molar-refractivity contribution in [2.24, 2.45) is 0 Å². The zero-order valence-electron chi connectivity index (χ0n) is 18.9. The molecule has 0 bridgehead atoms. The Bertz CT molecular complexity index is 1060. The lowest BCUT2D eigenvalue weighted by molar-refractivity contribution is -0.199. The predicted molar refractivity (Wildman–Crippen MR) is 121 cm³/mol. The molecule has 2 aromatic rings. The van der Waals surface area contributed by atoms with Gasteiger partial charge in [-0.3, -0.25) is 14.3 Å². The third kappa shape index (κ3) is 3.98. The van der Waals surface area contributed by atoms with Gasteiger partial charge in [0.1, 0.15) is 18.3 Å². The number of hydrogen-bond acceptors (Lipinski definition) is 8. The molecule has 10 nitrogen and oxygen atoms in total. The highest BCUT2D eigenvalue weighted by Gasteiger charge is 2.57. The summed E-state index contributed by atoms with van der Waals surface area (Å²) in [4.78, 5) is 23.4. The number of halogens is 1. The van der Waals surface area contributed by atoms with Crippen LogP contribution in [0.4, 0.5) is 5.95 Å². The van der Waals surface area contributed by atoms with Crippen LogP contribution in [0.2, 0.25) is 18.1 Å². The van der Waals surface area contributed by atoms with Crippen molar-refractivity contribution in [2.45, 2.75) is 83.1 Å². The van der Waals surface area contributed by atoms with E-state index in [-0.39, 0.29) is 28.7 Å². The van der Waals surface area contributed by atoms with Crippen LogP contribution in [-0.2, 0) is 18.6 Å². The van der Waals surface area contributed by atoms with Crippen molar-refractivity contribution in [1.29, 1.82) is 0 Å². The Balaban J connectivity index is 1.69. The van der Waals surface area contributed by atoms with E-state index in [2.05, 4.69) is 64.7 Å². The van der Waals surface area contributed by atoms with E-state index in [1.54, 1.807) is 4.57 Å². The summed E-state index contributed by atoms with van der Waals surface area (Å²) in [6, 6.07) is 0. The first-order chi connectivity index (χ1) is 14.2. The van der Waals surface area contributed by atoms with Crippen LogP contribution in [0.1, 0.15) is 40.8 Å². The number of nitrogen functional groups attached to an aromatic ring is 1. The Morgan fingerprint density at radius 3 is 2.55 bits per heavy atom. The summed E-state index contributed by atoms with van der Waals surface area (Å²) in [5.41, 5.74) is 5.84. The molecule has 172 valence electrons. The number of imidazole rings is 1. The van der Waals surface area contributed by atoms with E-state index in [4.69, 9.17) is 24.4 Å². The molecule has 2 saturated heterocycles. The molecule has 0 saturated carbocycles. The van der Waals surface area contributed by atoms with E-state index < -0.39 is 32.0 Å². The van der Waals surface area contributed by atoms with Gasteiger partial charge < -0.3 is 24.4 Å². The number of aromatic amines is 1. The van der Waals surface area contributed by atoms with Crippen LogP contribution in [0.15, 0.2) is 9.53 Å². The van der Waals surface area contributed by atoms with Crippen molar-refractivity contribution >= 4 is 41.4 Å². The van der Waals surface area contributed by atoms with E-state index in [9.17, 15) is 4.79 Å². The number of anilines is 1. The number of fused-ring (bicyclic) bond motifs is 2. The van der Waals surface area contributed by atoms with Gasteiger partial charge >= 0.3 is 0 Å². The first-order valence-corrected chi connectivity index (χ1v) is 14.0. The van der Waals surface area contributed by atoms with E-state index in [1.165, 1.54) is 0 Å². The SMILES string of the molecule is CC1(C)O[C@@H]2[C@H](O1)[C@@H](CO[Si](C)(C)C(C)(C)C)O[C@H]2n1c(Br)nc2c(=O)[nH]c(N)nc21. The number of nitrogens with zero attached hydrogens (tertiary/aromatic N) is 3. The molecule has 3 N–H and O–H groups in total. The standard InChI is InChI=1S/C19H30BrN5O5Si/c1-18(2,3)31(6,7)27-8-9-11-12(30-19(4,5)29-11)15(28-9)25-13-10(22-16(25)20)14(26)24-17(21)23-13/h9,11-12,15H,8H2,1-7H3,(H3,21,23,24,26)/t9-,11-,12-,15-/m1/s1. The molecular weight excluding hydrogens is 486 g/mol. The number of ether oxygens (including phenoxy) is 3. The summed E-state index contributed by atoms with van der Waals surface area (Å²) < 4.78 is 27.3. The minimum atomic E-state index is -1.99. The molecule has 2 aliphatic heterocycles. The van der Waals surface area contributed by atoms with Crippen molar-refractivity contribution < 1.29 is 18.6 Å². The topological polar surface area (TPSA) is 127 Å². The van der Waals surface area contributed by atoms with Crippen molar-refractivity contribution in [1.82, 2.24) is 19.5 Å². The largest absolute Gasteiger partial charge is 0.414 e. The molecule has 4 rings (SSSR count). The minimum absolute atomic E-state index is 0.00225. The van der Waals surface area contributed by atoms with Gasteiger partial charge in [-0.1, -0.05) is 20.8 Å². The molecule has 12 heteroatoms. The van der Waals surface area contributed by atoms with Gasteiger partial charge in [0.25, 0.3) is 5.56 Å². The second-order valence-electron chi connectivity index (χ2n) is 10.1. The monoisotopic (exact) mass is 515 g/mol. The van der Waals surface area contributed by atoms with Gasteiger partial charge in [-0.15, -0.1) is 0 Å². The summed E-state index contributed by atoms with van der Waals surface area (Å²) in [5.74, 6) is -0.776. The van der Waals surface area contributed by atoms with Crippen LogP contribution >= 0.6 is 15.9 Å². The highest BCUT2D eigenvalue weighted by Crippen LogP contribution is 2.45. The van der Waals surface area contributed by atoms with E-state index in [0.29, 0.717) is 17.0 Å². The van der Waals surface area contributed by atoms with Crippen molar-refractivity contribution in [3.63, 3.8) is 0 Å². The summed E-state index contributed by atoms with van der Waals surface area (Å²) >= 11 is 3.44. The molecule has 2 aromatic heterocycles. The van der Waals surface area contributed by atoms with Crippen LogP contribution in [0.3, 0.4) is 0 Å². The molecule has 4 atom stereocenters. The molecule has 31 heavy (non-hydrogen) atoms. The van der Waals surface area contributed by atoms with Gasteiger partial charge in [0.05, 0.1) is 6.61 Å². The van der Waals surface area contributed by atoms with E-state index in [0.717, 1.165) is 0 Å². The fourth-order valence-corrected chi connectivity index (χ4v) is 5.27. The Morgan fingerprint density at radius 2 is 1.90 bits per heavy atom. The molecule has 2 aliphatic rings. The van der Waals surface area contributed by atoms with Gasteiger partial charge in [0.2, 0.25) is 5.95 Å².